The van der Waals surface area contributed by atoms with E-state index in [-0.39, 0.29) is 0 Å². The van der Waals surface area contributed by atoms with Gasteiger partial charge in [0.25, 0.3) is 0 Å². The van der Waals surface area contributed by atoms with Crippen molar-refractivity contribution < 1.29 is 0 Å². The molecule has 0 heterocycles. The molecule has 0 rings (SSSR count). The molecule has 0 aromatic carbocycles. The molecule has 0 aliphatic rings. The quantitative estimate of drug-likeness (QED) is 0.548. The maximum Gasteiger partial charge on any atom is -0.0324 e. The number of hydrogen-bond donors (Lipinski definition) is 0. The maximum absolute atomic E-state index is 2.23. The summed E-state index contributed by atoms with van der Waals surface area (Å²) in [6.45, 7) is 8.61. The molecule has 0 fully saturated rings. The van der Waals surface area contributed by atoms with Gasteiger partial charge in [-0.2, -0.15) is 0 Å². The first kappa shape index (κ1) is 11.2. The van der Waals surface area contributed by atoms with Gasteiger partial charge in [0.1, 0.15) is 0 Å². The molecule has 0 aliphatic heterocycles. The molecule has 0 aromatic heterocycles. The summed E-state index contributed by atoms with van der Waals surface area (Å²) in [7, 11) is 0. The highest BCUT2D eigenvalue weighted by Gasteiger charge is 1.84. The first-order chi connectivity index (χ1) is 5.66. The van der Waals surface area contributed by atoms with E-state index in [9.17, 15) is 0 Å². The molecule has 0 nitrogen and oxygen atoms in total. The summed E-state index contributed by atoms with van der Waals surface area (Å²) in [6.07, 6.45) is 11.8. The topological polar surface area (TPSA) is 0 Å². The van der Waals surface area contributed by atoms with Crippen molar-refractivity contribution in [1.29, 1.82) is 0 Å². The Labute approximate surface area is 76.7 Å². The predicted molar refractivity (Wildman–Crippen MR) is 57.2 cm³/mol. The lowest BCUT2D eigenvalue weighted by Crippen LogP contribution is -1.80. The number of rotatable bonds is 4. The Morgan fingerprint density at radius 3 is 2.42 bits per heavy atom. The van der Waals surface area contributed by atoms with Gasteiger partial charge in [-0.3, -0.25) is 0 Å². The minimum absolute atomic E-state index is 0.762. The van der Waals surface area contributed by atoms with E-state index in [0.29, 0.717) is 0 Å². The second-order valence-electron chi connectivity index (χ2n) is 3.45. The molecule has 0 aliphatic carbocycles. The summed E-state index contributed by atoms with van der Waals surface area (Å²) in [5.41, 5.74) is 1.31. The van der Waals surface area contributed by atoms with Crippen molar-refractivity contribution >= 4 is 0 Å². The van der Waals surface area contributed by atoms with Crippen LogP contribution in [0, 0.1) is 5.92 Å². The highest BCUT2D eigenvalue weighted by Crippen LogP contribution is 2.00. The molecule has 0 unspecified atom stereocenters. The number of hydrogen-bond acceptors (Lipinski definition) is 0. The molecule has 68 valence electrons. The van der Waals surface area contributed by atoms with Crippen molar-refractivity contribution in [2.24, 2.45) is 5.92 Å². The third kappa shape index (κ3) is 7.33. The summed E-state index contributed by atoms with van der Waals surface area (Å²) in [6, 6.07) is 0. The third-order valence-electron chi connectivity index (χ3n) is 1.67. The summed E-state index contributed by atoms with van der Waals surface area (Å²) in [5, 5.41) is 0. The first-order valence-electron chi connectivity index (χ1n) is 4.63. The summed E-state index contributed by atoms with van der Waals surface area (Å²) >= 11 is 0. The molecule has 0 aromatic rings. The molecule has 12 heavy (non-hydrogen) atoms. The second-order valence-corrected chi connectivity index (χ2v) is 3.45. The highest BCUT2D eigenvalue weighted by atomic mass is 13.9. The smallest absolute Gasteiger partial charge is 0.0324 e. The zero-order valence-corrected chi connectivity index (χ0v) is 8.67. The maximum atomic E-state index is 2.23. The number of allylic oxidation sites excluding steroid dienone is 6. The third-order valence-corrected chi connectivity index (χ3v) is 1.67. The second kappa shape index (κ2) is 6.90. The van der Waals surface area contributed by atoms with Crippen molar-refractivity contribution in [2.75, 3.05) is 0 Å². The van der Waals surface area contributed by atoms with Crippen molar-refractivity contribution in [3.8, 4) is 0 Å². The van der Waals surface area contributed by atoms with Gasteiger partial charge in [0, 0.05) is 0 Å². The van der Waals surface area contributed by atoms with E-state index in [1.807, 2.05) is 0 Å². The Morgan fingerprint density at radius 2 is 1.92 bits per heavy atom. The van der Waals surface area contributed by atoms with Crippen molar-refractivity contribution in [3.05, 3.63) is 36.0 Å². The van der Waals surface area contributed by atoms with Crippen LogP contribution >= 0.6 is 0 Å². The van der Waals surface area contributed by atoms with E-state index in [0.717, 1.165) is 5.92 Å². The molecule has 0 spiro atoms. The largest absolute Gasteiger partial charge is 0.0847 e. The van der Waals surface area contributed by atoms with Gasteiger partial charge < -0.3 is 0 Å². The highest BCUT2D eigenvalue weighted by molar-refractivity contribution is 5.19. The van der Waals surface area contributed by atoms with Gasteiger partial charge in [0.05, 0.1) is 0 Å². The van der Waals surface area contributed by atoms with Crippen LogP contribution < -0.4 is 0 Å². The Balaban J connectivity index is 3.67. The fourth-order valence-electron chi connectivity index (χ4n) is 0.733. The van der Waals surface area contributed by atoms with Gasteiger partial charge in [-0.05, 0) is 26.2 Å². The van der Waals surface area contributed by atoms with E-state index in [1.54, 1.807) is 0 Å². The molecule has 0 amide bonds. The van der Waals surface area contributed by atoms with Crippen LogP contribution in [0.5, 0.6) is 0 Å². The molecular formula is C12H20. The lowest BCUT2D eigenvalue weighted by atomic mass is 10.1. The van der Waals surface area contributed by atoms with Crippen molar-refractivity contribution in [1.82, 2.24) is 0 Å². The minimum Gasteiger partial charge on any atom is -0.0847 e. The van der Waals surface area contributed by atoms with Gasteiger partial charge >= 0.3 is 0 Å². The van der Waals surface area contributed by atoms with E-state index >= 15 is 0 Å². The van der Waals surface area contributed by atoms with E-state index in [1.165, 1.54) is 12.0 Å². The van der Waals surface area contributed by atoms with E-state index < -0.39 is 0 Å². The summed E-state index contributed by atoms with van der Waals surface area (Å²) in [5.74, 6) is 0.762. The molecule has 0 radical (unpaired) electrons. The van der Waals surface area contributed by atoms with Crippen LogP contribution in [0.2, 0.25) is 0 Å². The summed E-state index contributed by atoms with van der Waals surface area (Å²) < 4.78 is 0. The Bertz CT molecular complexity index is 180. The first-order valence-corrected chi connectivity index (χ1v) is 4.63. The molecule has 0 heteroatoms. The van der Waals surface area contributed by atoms with Crippen LogP contribution in [0.3, 0.4) is 0 Å². The monoisotopic (exact) mass is 164 g/mol. The fourth-order valence-corrected chi connectivity index (χ4v) is 0.733. The van der Waals surface area contributed by atoms with Crippen molar-refractivity contribution in [3.63, 3.8) is 0 Å². The molecule has 0 saturated heterocycles. The molecule has 0 atom stereocenters. The van der Waals surface area contributed by atoms with Crippen LogP contribution in [-0.2, 0) is 0 Å². The van der Waals surface area contributed by atoms with Gasteiger partial charge in [-0.25, -0.2) is 0 Å². The summed E-state index contributed by atoms with van der Waals surface area (Å²) in [4.78, 5) is 0. The Morgan fingerprint density at radius 1 is 1.25 bits per heavy atom. The lowest BCUT2D eigenvalue weighted by Gasteiger charge is -1.94. The zero-order chi connectivity index (χ0) is 9.40. The van der Waals surface area contributed by atoms with Crippen LogP contribution in [0.25, 0.3) is 0 Å². The van der Waals surface area contributed by atoms with Gasteiger partial charge in [0.2, 0.25) is 0 Å². The molecule has 0 saturated carbocycles. The van der Waals surface area contributed by atoms with Crippen LogP contribution in [0.4, 0.5) is 0 Å². The average Bonchev–Trinajstić information content (AvgIpc) is 2.03. The van der Waals surface area contributed by atoms with E-state index in [2.05, 4.69) is 58.1 Å². The SMILES string of the molecule is C/C=C(C)/C=C/C=C/CC(C)C. The molecular weight excluding hydrogens is 144 g/mol. The molecule has 0 bridgehead atoms. The standard InChI is InChI=1S/C12H20/c1-5-12(4)10-8-6-7-9-11(2)3/h5-8,10-11H,9H2,1-4H3/b7-6+,10-8+,12-5+. The van der Waals surface area contributed by atoms with Crippen LogP contribution in [0.15, 0.2) is 36.0 Å². The van der Waals surface area contributed by atoms with Gasteiger partial charge in [-0.15, -0.1) is 0 Å². The normalized spacial score (nSPS) is 13.9. The van der Waals surface area contributed by atoms with Crippen LogP contribution in [-0.4, -0.2) is 0 Å². The average molecular weight is 164 g/mol. The van der Waals surface area contributed by atoms with Gasteiger partial charge in [0.15, 0.2) is 0 Å². The van der Waals surface area contributed by atoms with Crippen LogP contribution in [0.1, 0.15) is 34.1 Å². The van der Waals surface area contributed by atoms with Crippen molar-refractivity contribution in [2.45, 2.75) is 34.1 Å². The fraction of sp³-hybridized carbons (Fsp3) is 0.500. The van der Waals surface area contributed by atoms with E-state index in [4.69, 9.17) is 0 Å². The zero-order valence-electron chi connectivity index (χ0n) is 8.67. The minimum atomic E-state index is 0.762. The lowest BCUT2D eigenvalue weighted by molar-refractivity contribution is 0.664. The Hall–Kier alpha value is -0.780. The predicted octanol–water partition coefficient (Wildman–Crippen LogP) is 4.11. The Kier molecular flexibility index (Phi) is 6.45. The van der Waals surface area contributed by atoms with Gasteiger partial charge in [-0.1, -0.05) is 49.8 Å². The molecule has 0 N–H and O–H groups in total.